The number of phenols is 1. The topological polar surface area (TPSA) is 61.8 Å². The lowest BCUT2D eigenvalue weighted by atomic mass is 10.1. The number of carbonyl (C=O) groups excluding carboxylic acids is 1. The Morgan fingerprint density at radius 2 is 2.14 bits per heavy atom. The van der Waals surface area contributed by atoms with Gasteiger partial charge in [-0.1, -0.05) is 18.2 Å². The van der Waals surface area contributed by atoms with E-state index in [2.05, 4.69) is 5.32 Å². The van der Waals surface area contributed by atoms with Crippen LogP contribution < -0.4 is 10.1 Å². The van der Waals surface area contributed by atoms with Crippen LogP contribution >= 0.6 is 0 Å². The van der Waals surface area contributed by atoms with E-state index in [9.17, 15) is 14.3 Å². The zero-order valence-corrected chi connectivity index (χ0v) is 12.0. The number of nitrogens with zero attached hydrogens (tertiary/aromatic N) is 1. The molecule has 0 spiro atoms. The quantitative estimate of drug-likeness (QED) is 0.916. The smallest absolute Gasteiger partial charge is 0.322 e. The van der Waals surface area contributed by atoms with E-state index >= 15 is 0 Å². The minimum absolute atomic E-state index is 0.0379. The number of rotatable bonds is 3. The number of halogens is 1. The molecule has 114 valence electrons. The Kier molecular flexibility index (Phi) is 3.58. The first-order valence-electron chi connectivity index (χ1n) is 6.77. The summed E-state index contributed by atoms with van der Waals surface area (Å²) in [4.78, 5) is 13.6. The van der Waals surface area contributed by atoms with E-state index in [0.29, 0.717) is 23.5 Å². The molecule has 0 fully saturated rings. The summed E-state index contributed by atoms with van der Waals surface area (Å²) in [6.07, 6.45) is 0. The van der Waals surface area contributed by atoms with Crippen LogP contribution in [0.2, 0.25) is 0 Å². The zero-order valence-electron chi connectivity index (χ0n) is 12.0. The minimum atomic E-state index is -0.343. The van der Waals surface area contributed by atoms with Gasteiger partial charge in [-0.2, -0.15) is 0 Å². The highest BCUT2D eigenvalue weighted by atomic mass is 19.1. The summed E-state index contributed by atoms with van der Waals surface area (Å²) in [7, 11) is 1.46. The summed E-state index contributed by atoms with van der Waals surface area (Å²) in [6, 6.07) is 9.14. The van der Waals surface area contributed by atoms with Crippen LogP contribution in [0.1, 0.15) is 11.1 Å². The standard InChI is InChI=1S/C16H15FN2O3/c1-22-15-6-11-9-19(8-10-4-2-3-5-12(10)17)16(21)18-13(11)7-14(15)20/h2-7,20H,8-9H2,1H3,(H,18,21). The van der Waals surface area contributed by atoms with E-state index < -0.39 is 0 Å². The molecule has 2 aromatic carbocycles. The number of hydrogen-bond donors (Lipinski definition) is 2. The maximum absolute atomic E-state index is 13.7. The second kappa shape index (κ2) is 5.55. The van der Waals surface area contributed by atoms with Crippen LogP contribution in [0, 0.1) is 5.82 Å². The first-order chi connectivity index (χ1) is 10.6. The van der Waals surface area contributed by atoms with Crippen molar-refractivity contribution >= 4 is 11.7 Å². The average Bonchev–Trinajstić information content (AvgIpc) is 2.50. The van der Waals surface area contributed by atoms with Crippen molar-refractivity contribution in [1.82, 2.24) is 4.90 Å². The van der Waals surface area contributed by atoms with Gasteiger partial charge in [0, 0.05) is 18.2 Å². The van der Waals surface area contributed by atoms with Gasteiger partial charge >= 0.3 is 6.03 Å². The molecule has 2 aromatic rings. The highest BCUT2D eigenvalue weighted by Crippen LogP contribution is 2.35. The monoisotopic (exact) mass is 302 g/mol. The molecule has 0 saturated heterocycles. The predicted octanol–water partition coefficient (Wildman–Crippen LogP) is 3.09. The van der Waals surface area contributed by atoms with E-state index in [0.717, 1.165) is 5.56 Å². The molecule has 1 heterocycles. The van der Waals surface area contributed by atoms with Gasteiger partial charge in [-0.3, -0.25) is 0 Å². The van der Waals surface area contributed by atoms with Crippen molar-refractivity contribution in [2.45, 2.75) is 13.1 Å². The van der Waals surface area contributed by atoms with Crippen molar-refractivity contribution in [3.63, 3.8) is 0 Å². The number of nitrogens with one attached hydrogen (secondary N) is 1. The summed E-state index contributed by atoms with van der Waals surface area (Å²) in [6.45, 7) is 0.479. The van der Waals surface area contributed by atoms with Crippen molar-refractivity contribution < 1.29 is 19.0 Å². The molecule has 0 unspecified atom stereocenters. The van der Waals surface area contributed by atoms with E-state index in [-0.39, 0.29) is 24.1 Å². The Bertz CT molecular complexity index is 733. The number of aromatic hydroxyl groups is 1. The number of urea groups is 1. The number of hydrogen-bond acceptors (Lipinski definition) is 3. The second-order valence-corrected chi connectivity index (χ2v) is 5.06. The van der Waals surface area contributed by atoms with E-state index in [1.165, 1.54) is 24.1 Å². The summed E-state index contributed by atoms with van der Waals surface area (Å²) in [5.74, 6) is -0.0470. The van der Waals surface area contributed by atoms with Crippen LogP contribution in [0.5, 0.6) is 11.5 Å². The Balaban J connectivity index is 1.87. The largest absolute Gasteiger partial charge is 0.504 e. The molecule has 0 saturated carbocycles. The van der Waals surface area contributed by atoms with Crippen molar-refractivity contribution in [1.29, 1.82) is 0 Å². The third-order valence-electron chi connectivity index (χ3n) is 3.61. The molecule has 2 N–H and O–H groups in total. The fourth-order valence-corrected chi connectivity index (χ4v) is 2.45. The first-order valence-corrected chi connectivity index (χ1v) is 6.77. The molecule has 5 nitrogen and oxygen atoms in total. The second-order valence-electron chi connectivity index (χ2n) is 5.06. The van der Waals surface area contributed by atoms with Gasteiger partial charge in [0.25, 0.3) is 0 Å². The predicted molar refractivity (Wildman–Crippen MR) is 79.3 cm³/mol. The molecule has 1 aliphatic heterocycles. The highest BCUT2D eigenvalue weighted by Gasteiger charge is 2.25. The van der Waals surface area contributed by atoms with Gasteiger partial charge in [0.15, 0.2) is 11.5 Å². The lowest BCUT2D eigenvalue weighted by molar-refractivity contribution is 0.203. The van der Waals surface area contributed by atoms with Crippen molar-refractivity contribution in [3.05, 3.63) is 53.3 Å². The molecule has 0 aromatic heterocycles. The third-order valence-corrected chi connectivity index (χ3v) is 3.61. The Morgan fingerprint density at radius 3 is 2.86 bits per heavy atom. The Hall–Kier alpha value is -2.76. The summed E-state index contributed by atoms with van der Waals surface area (Å²) in [5.41, 5.74) is 1.78. The first kappa shape index (κ1) is 14.2. The van der Waals surface area contributed by atoms with E-state index in [4.69, 9.17) is 4.74 Å². The molecule has 3 rings (SSSR count). The van der Waals surface area contributed by atoms with Gasteiger partial charge in [-0.05, 0) is 17.7 Å². The normalized spacial score (nSPS) is 13.5. The number of carbonyl (C=O) groups is 1. The van der Waals surface area contributed by atoms with E-state index in [1.54, 1.807) is 24.3 Å². The molecule has 0 aliphatic carbocycles. The van der Waals surface area contributed by atoms with Crippen LogP contribution in [0.15, 0.2) is 36.4 Å². The Morgan fingerprint density at radius 1 is 1.36 bits per heavy atom. The molecule has 2 amide bonds. The molecule has 22 heavy (non-hydrogen) atoms. The van der Waals surface area contributed by atoms with Gasteiger partial charge in [0.05, 0.1) is 19.3 Å². The average molecular weight is 302 g/mol. The Labute approximate surface area is 126 Å². The van der Waals surface area contributed by atoms with Crippen LogP contribution in [0.3, 0.4) is 0 Å². The maximum atomic E-state index is 13.7. The zero-order chi connectivity index (χ0) is 15.7. The summed E-state index contributed by atoms with van der Waals surface area (Å²) >= 11 is 0. The number of benzene rings is 2. The van der Waals surface area contributed by atoms with Crippen LogP contribution in [0.4, 0.5) is 14.9 Å². The lowest BCUT2D eigenvalue weighted by Crippen LogP contribution is -2.38. The fraction of sp³-hybridized carbons (Fsp3) is 0.188. The number of fused-ring (bicyclic) bond motifs is 1. The molecule has 1 aliphatic rings. The molecule has 0 radical (unpaired) electrons. The summed E-state index contributed by atoms with van der Waals surface area (Å²) < 4.78 is 18.8. The third kappa shape index (κ3) is 2.55. The van der Waals surface area contributed by atoms with Crippen LogP contribution in [-0.2, 0) is 13.1 Å². The fourth-order valence-electron chi connectivity index (χ4n) is 2.45. The summed E-state index contributed by atoms with van der Waals surface area (Å²) in [5, 5.41) is 12.4. The number of ether oxygens (including phenoxy) is 1. The molecule has 0 atom stereocenters. The van der Waals surface area contributed by atoms with Crippen molar-refractivity contribution in [2.75, 3.05) is 12.4 Å². The maximum Gasteiger partial charge on any atom is 0.322 e. The number of anilines is 1. The van der Waals surface area contributed by atoms with Crippen LogP contribution in [0.25, 0.3) is 0 Å². The van der Waals surface area contributed by atoms with Gasteiger partial charge in [-0.25, -0.2) is 9.18 Å². The van der Waals surface area contributed by atoms with Crippen molar-refractivity contribution in [2.24, 2.45) is 0 Å². The molecular weight excluding hydrogens is 287 g/mol. The SMILES string of the molecule is COc1cc2c(cc1O)NC(=O)N(Cc1ccccc1F)C2. The van der Waals surface area contributed by atoms with Gasteiger partial charge in [0.2, 0.25) is 0 Å². The van der Waals surface area contributed by atoms with Crippen molar-refractivity contribution in [3.8, 4) is 11.5 Å². The number of phenolic OH excluding ortho intramolecular Hbond substituents is 1. The molecule has 6 heteroatoms. The van der Waals surface area contributed by atoms with E-state index in [1.807, 2.05) is 0 Å². The molecule has 0 bridgehead atoms. The van der Waals surface area contributed by atoms with Gasteiger partial charge in [0.1, 0.15) is 5.82 Å². The molecular formula is C16H15FN2O3. The number of amides is 2. The highest BCUT2D eigenvalue weighted by molar-refractivity contribution is 5.92. The minimum Gasteiger partial charge on any atom is -0.504 e. The van der Waals surface area contributed by atoms with Crippen LogP contribution in [-0.4, -0.2) is 23.1 Å². The van der Waals surface area contributed by atoms with Gasteiger partial charge in [-0.15, -0.1) is 0 Å². The lowest BCUT2D eigenvalue weighted by Gasteiger charge is -2.30. The number of methoxy groups -OCH3 is 1. The van der Waals surface area contributed by atoms with Gasteiger partial charge < -0.3 is 20.1 Å².